The number of hydrogen-bond donors (Lipinski definition) is 2. The average Bonchev–Trinajstić information content (AvgIpc) is 2.39. The Balaban J connectivity index is 2.99. The molecule has 0 aromatic rings. The van der Waals surface area contributed by atoms with Crippen LogP contribution in [-0.2, 0) is 14.3 Å². The summed E-state index contributed by atoms with van der Waals surface area (Å²) >= 11 is 2.28. The van der Waals surface area contributed by atoms with Gasteiger partial charge >= 0.3 is 12.1 Å². The fourth-order valence-corrected chi connectivity index (χ4v) is 3.07. The van der Waals surface area contributed by atoms with Crippen molar-refractivity contribution < 1.29 is 24.2 Å². The Hall–Kier alpha value is -1.25. The van der Waals surface area contributed by atoms with E-state index in [1.54, 1.807) is 53.7 Å². The summed E-state index contributed by atoms with van der Waals surface area (Å²) in [6.07, 6.45) is 2.97. The fraction of sp³-hybridized carbons (Fsp3) is 0.684. The first kappa shape index (κ1) is 22.8. The van der Waals surface area contributed by atoms with Crippen LogP contribution in [0.4, 0.5) is 4.79 Å². The van der Waals surface area contributed by atoms with E-state index in [9.17, 15) is 14.7 Å². The average molecular weight is 479 g/mol. The minimum Gasteiger partial charge on any atom is -0.508 e. The van der Waals surface area contributed by atoms with Gasteiger partial charge in [-0.2, -0.15) is 0 Å². The smallest absolute Gasteiger partial charge is 0.408 e. The second kappa shape index (κ2) is 8.63. The van der Waals surface area contributed by atoms with Crippen LogP contribution in [0.2, 0.25) is 0 Å². The summed E-state index contributed by atoms with van der Waals surface area (Å²) in [4.78, 5) is 24.8. The Bertz CT molecular complexity index is 598. The summed E-state index contributed by atoms with van der Waals surface area (Å²) in [5.41, 5.74) is -0.483. The van der Waals surface area contributed by atoms with Crippen LogP contribution < -0.4 is 5.32 Å². The number of nitrogens with one attached hydrogen (secondary N) is 1. The van der Waals surface area contributed by atoms with Crippen molar-refractivity contribution in [2.45, 2.75) is 76.1 Å². The van der Waals surface area contributed by atoms with E-state index in [0.717, 1.165) is 5.57 Å². The van der Waals surface area contributed by atoms with E-state index in [1.807, 2.05) is 6.92 Å². The normalized spacial score (nSPS) is 22.0. The van der Waals surface area contributed by atoms with Crippen molar-refractivity contribution in [2.75, 3.05) is 0 Å². The van der Waals surface area contributed by atoms with Crippen LogP contribution in [0.15, 0.2) is 23.5 Å². The van der Waals surface area contributed by atoms with Gasteiger partial charge in [-0.3, -0.25) is 0 Å². The topological polar surface area (TPSA) is 84.9 Å². The Morgan fingerprint density at radius 1 is 1.19 bits per heavy atom. The van der Waals surface area contributed by atoms with E-state index >= 15 is 0 Å². The third-order valence-corrected chi connectivity index (χ3v) is 5.34. The fourth-order valence-electron chi connectivity index (χ4n) is 2.43. The SMILES string of the molecule is CC1C=C(O)C=C(CC(NC(=O)OC(C)(C)C)C(=O)OC(C)(C)C)C1I. The van der Waals surface area contributed by atoms with Gasteiger partial charge in [0.2, 0.25) is 0 Å². The molecule has 0 aromatic carbocycles. The van der Waals surface area contributed by atoms with Gasteiger partial charge in [0.05, 0.1) is 0 Å². The van der Waals surface area contributed by atoms with Gasteiger partial charge in [-0.1, -0.05) is 35.1 Å². The molecule has 7 heteroatoms. The standard InChI is InChI=1S/C19H30INO5/c1-11-8-13(22)9-12(15(11)20)10-14(16(23)25-18(2,3)4)21-17(24)26-19(5,6)7/h8-9,11,14-15,22H,10H2,1-7H3,(H,21,24). The molecule has 148 valence electrons. The lowest BCUT2D eigenvalue weighted by molar-refractivity contribution is -0.157. The van der Waals surface area contributed by atoms with Crippen LogP contribution in [0.1, 0.15) is 54.9 Å². The molecular formula is C19H30INO5. The van der Waals surface area contributed by atoms with E-state index in [4.69, 9.17) is 9.47 Å². The van der Waals surface area contributed by atoms with E-state index in [0.29, 0.717) is 0 Å². The number of aliphatic hydroxyl groups excluding tert-OH is 1. The summed E-state index contributed by atoms with van der Waals surface area (Å²) in [7, 11) is 0. The molecule has 1 aliphatic carbocycles. The second-order valence-electron chi connectivity index (χ2n) is 8.51. The van der Waals surface area contributed by atoms with E-state index in [2.05, 4.69) is 27.9 Å². The minimum absolute atomic E-state index is 0.105. The largest absolute Gasteiger partial charge is 0.508 e. The highest BCUT2D eigenvalue weighted by Crippen LogP contribution is 2.32. The lowest BCUT2D eigenvalue weighted by Gasteiger charge is -2.29. The minimum atomic E-state index is -0.898. The van der Waals surface area contributed by atoms with Crippen molar-refractivity contribution in [1.82, 2.24) is 5.32 Å². The monoisotopic (exact) mass is 479 g/mol. The quantitative estimate of drug-likeness (QED) is 0.354. The van der Waals surface area contributed by atoms with Crippen molar-refractivity contribution in [3.8, 4) is 0 Å². The van der Waals surface area contributed by atoms with Crippen LogP contribution in [0.25, 0.3) is 0 Å². The molecule has 1 rings (SSSR count). The number of carbonyl (C=O) groups excluding carboxylic acids is 2. The molecule has 0 radical (unpaired) electrons. The first-order valence-corrected chi connectivity index (χ1v) is 9.90. The molecule has 0 saturated heterocycles. The van der Waals surface area contributed by atoms with Crippen molar-refractivity contribution in [3.05, 3.63) is 23.5 Å². The number of alkyl carbamates (subject to hydrolysis) is 1. The molecule has 6 nitrogen and oxygen atoms in total. The van der Waals surface area contributed by atoms with Gasteiger partial charge in [-0.25, -0.2) is 9.59 Å². The number of halogens is 1. The zero-order valence-corrected chi connectivity index (χ0v) is 18.7. The predicted molar refractivity (Wildman–Crippen MR) is 109 cm³/mol. The van der Waals surface area contributed by atoms with Crippen LogP contribution in [0.3, 0.4) is 0 Å². The van der Waals surface area contributed by atoms with Crippen LogP contribution in [-0.4, -0.2) is 38.3 Å². The lowest BCUT2D eigenvalue weighted by Crippen LogP contribution is -2.46. The molecular weight excluding hydrogens is 449 g/mol. The molecule has 1 amide bonds. The maximum Gasteiger partial charge on any atom is 0.408 e. The molecule has 3 unspecified atom stereocenters. The number of amides is 1. The summed E-state index contributed by atoms with van der Waals surface area (Å²) in [6.45, 7) is 12.6. The van der Waals surface area contributed by atoms with Crippen molar-refractivity contribution in [3.63, 3.8) is 0 Å². The third kappa shape index (κ3) is 7.97. The van der Waals surface area contributed by atoms with Crippen LogP contribution in [0, 0.1) is 5.92 Å². The number of hydrogen-bond acceptors (Lipinski definition) is 5. The number of esters is 1. The van der Waals surface area contributed by atoms with Gasteiger partial charge in [-0.05, 0) is 59.6 Å². The Labute approximate surface area is 169 Å². The summed E-state index contributed by atoms with van der Waals surface area (Å²) in [5.74, 6) is -0.244. The maximum absolute atomic E-state index is 12.6. The maximum atomic E-state index is 12.6. The van der Waals surface area contributed by atoms with Gasteiger partial charge < -0.3 is 19.9 Å². The highest BCUT2D eigenvalue weighted by atomic mass is 127. The van der Waals surface area contributed by atoms with Gasteiger partial charge in [0.1, 0.15) is 23.0 Å². The number of ether oxygens (including phenoxy) is 2. The molecule has 26 heavy (non-hydrogen) atoms. The molecule has 0 aromatic heterocycles. The van der Waals surface area contributed by atoms with Crippen molar-refractivity contribution in [2.24, 2.45) is 5.92 Å². The highest BCUT2D eigenvalue weighted by Gasteiger charge is 2.32. The van der Waals surface area contributed by atoms with Gasteiger partial charge in [0, 0.05) is 10.3 Å². The zero-order valence-electron chi connectivity index (χ0n) is 16.6. The van der Waals surface area contributed by atoms with E-state index in [-0.39, 0.29) is 22.0 Å². The predicted octanol–water partition coefficient (Wildman–Crippen LogP) is 4.43. The molecule has 0 fully saturated rings. The van der Waals surface area contributed by atoms with Crippen molar-refractivity contribution >= 4 is 34.7 Å². The second-order valence-corrected chi connectivity index (χ2v) is 9.85. The molecule has 1 aliphatic rings. The zero-order chi connectivity index (χ0) is 20.3. The first-order chi connectivity index (χ1) is 11.7. The molecule has 0 saturated carbocycles. The van der Waals surface area contributed by atoms with E-state index in [1.165, 1.54) is 0 Å². The number of aliphatic hydroxyl groups is 1. The van der Waals surface area contributed by atoms with E-state index < -0.39 is 29.3 Å². The number of rotatable bonds is 4. The molecule has 0 heterocycles. The van der Waals surface area contributed by atoms with Crippen LogP contribution >= 0.6 is 22.6 Å². The number of alkyl halides is 1. The Morgan fingerprint density at radius 2 is 1.73 bits per heavy atom. The molecule has 3 atom stereocenters. The van der Waals surface area contributed by atoms with Gasteiger partial charge in [-0.15, -0.1) is 0 Å². The number of allylic oxidation sites excluding steroid dienone is 2. The highest BCUT2D eigenvalue weighted by molar-refractivity contribution is 14.1. The number of carbonyl (C=O) groups is 2. The third-order valence-electron chi connectivity index (χ3n) is 3.40. The van der Waals surface area contributed by atoms with Crippen LogP contribution in [0.5, 0.6) is 0 Å². The lowest BCUT2D eigenvalue weighted by atomic mass is 9.90. The molecule has 0 bridgehead atoms. The molecule has 0 spiro atoms. The Morgan fingerprint density at radius 3 is 2.23 bits per heavy atom. The first-order valence-electron chi connectivity index (χ1n) is 8.65. The van der Waals surface area contributed by atoms with Gasteiger partial charge in [0.25, 0.3) is 0 Å². The summed E-state index contributed by atoms with van der Waals surface area (Å²) < 4.78 is 10.8. The molecule has 2 N–H and O–H groups in total. The summed E-state index contributed by atoms with van der Waals surface area (Å²) in [5, 5.41) is 12.5. The van der Waals surface area contributed by atoms with Crippen molar-refractivity contribution in [1.29, 1.82) is 0 Å². The Kier molecular flexibility index (Phi) is 7.56. The summed E-state index contributed by atoms with van der Waals surface area (Å²) in [6, 6.07) is -0.898. The molecule has 0 aliphatic heterocycles. The van der Waals surface area contributed by atoms with Gasteiger partial charge in [0.15, 0.2) is 0 Å².